The molecule has 2 aliphatic carbocycles. The molecule has 3 aliphatic rings. The third kappa shape index (κ3) is 1.64. The highest BCUT2D eigenvalue weighted by Gasteiger charge is 2.60. The van der Waals surface area contributed by atoms with Crippen LogP contribution < -0.4 is 0 Å². The Kier molecular flexibility index (Phi) is 3.04. The predicted molar refractivity (Wildman–Crippen MR) is 74.0 cm³/mol. The monoisotopic (exact) mass is 280 g/mol. The zero-order valence-electron chi connectivity index (χ0n) is 12.7. The molecule has 3 rings (SSSR count). The maximum Gasteiger partial charge on any atom is 0.337 e. The number of aliphatic hydroxyl groups is 1. The summed E-state index contributed by atoms with van der Waals surface area (Å²) in [6, 6.07) is 0. The molecule has 4 heteroatoms. The minimum absolute atomic E-state index is 0.0351. The lowest BCUT2D eigenvalue weighted by Crippen LogP contribution is -2.57. The van der Waals surface area contributed by atoms with Gasteiger partial charge in [-0.1, -0.05) is 27.2 Å². The summed E-state index contributed by atoms with van der Waals surface area (Å²) in [5, 5.41) is 10.9. The van der Waals surface area contributed by atoms with Crippen molar-refractivity contribution >= 4 is 5.97 Å². The van der Waals surface area contributed by atoms with Crippen molar-refractivity contribution in [3.05, 3.63) is 11.1 Å². The summed E-state index contributed by atoms with van der Waals surface area (Å²) in [4.78, 5) is 12.0. The molecule has 0 amide bonds. The molecule has 0 aromatic carbocycles. The van der Waals surface area contributed by atoms with Crippen LogP contribution in [0.3, 0.4) is 0 Å². The molecule has 112 valence electrons. The first kappa shape index (κ1) is 14.1. The van der Waals surface area contributed by atoms with Crippen LogP contribution in [-0.2, 0) is 14.3 Å². The highest BCUT2D eigenvalue weighted by Crippen LogP contribution is 2.60. The van der Waals surface area contributed by atoms with E-state index in [4.69, 9.17) is 9.47 Å². The Morgan fingerprint density at radius 3 is 2.65 bits per heavy atom. The van der Waals surface area contributed by atoms with Crippen molar-refractivity contribution < 1.29 is 19.4 Å². The molecule has 1 saturated carbocycles. The van der Waals surface area contributed by atoms with E-state index in [0.717, 1.165) is 24.8 Å². The number of aliphatic hydroxyl groups excluding tert-OH is 1. The number of methoxy groups -OCH3 is 1. The van der Waals surface area contributed by atoms with Crippen molar-refractivity contribution in [2.45, 2.75) is 52.2 Å². The first-order valence-corrected chi connectivity index (χ1v) is 7.44. The molecule has 1 heterocycles. The van der Waals surface area contributed by atoms with Gasteiger partial charge in [0.15, 0.2) is 0 Å². The van der Waals surface area contributed by atoms with Gasteiger partial charge in [0.2, 0.25) is 0 Å². The van der Waals surface area contributed by atoms with Crippen molar-refractivity contribution in [3.63, 3.8) is 0 Å². The van der Waals surface area contributed by atoms with Crippen molar-refractivity contribution in [2.75, 3.05) is 13.7 Å². The SMILES string of the molecule is CO[C@@H]1C2=C(COC2=O)[C@]2(C)CCCC(C)(C)[C@H]2[C@@H]1O. The maximum absolute atomic E-state index is 12.0. The molecule has 0 unspecified atom stereocenters. The van der Waals surface area contributed by atoms with Crippen LogP contribution >= 0.6 is 0 Å². The molecular weight excluding hydrogens is 256 g/mol. The van der Waals surface area contributed by atoms with Crippen LogP contribution in [0.1, 0.15) is 40.0 Å². The number of hydrogen-bond donors (Lipinski definition) is 1. The summed E-state index contributed by atoms with van der Waals surface area (Å²) in [6.07, 6.45) is 2.03. The fourth-order valence-electron chi connectivity index (χ4n) is 5.04. The molecule has 0 aromatic heterocycles. The first-order valence-electron chi connectivity index (χ1n) is 7.44. The van der Waals surface area contributed by atoms with Gasteiger partial charge in [0, 0.05) is 13.0 Å². The quantitative estimate of drug-likeness (QED) is 0.747. The number of rotatable bonds is 1. The molecule has 0 spiro atoms. The Balaban J connectivity index is 2.17. The number of carbonyl (C=O) groups excluding carboxylic acids is 1. The Bertz CT molecular complexity index is 479. The van der Waals surface area contributed by atoms with Crippen LogP contribution in [0.4, 0.5) is 0 Å². The van der Waals surface area contributed by atoms with Gasteiger partial charge in [-0.05, 0) is 29.2 Å². The number of ether oxygens (including phenoxy) is 2. The molecule has 20 heavy (non-hydrogen) atoms. The lowest BCUT2D eigenvalue weighted by Gasteiger charge is -2.56. The summed E-state index contributed by atoms with van der Waals surface area (Å²) in [6.45, 7) is 6.98. The molecule has 1 aliphatic heterocycles. The standard InChI is InChI=1S/C16H24O4/c1-15(2)6-5-7-16(3)9-8-20-14(18)10(9)12(19-4)11(17)13(15)16/h11-13,17H,5-8H2,1-4H3/t11-,12-,13-,16+/m1/s1. The number of hydrogen-bond acceptors (Lipinski definition) is 4. The Hall–Kier alpha value is -0.870. The Labute approximate surface area is 120 Å². The van der Waals surface area contributed by atoms with Crippen LogP contribution in [0, 0.1) is 16.7 Å². The molecule has 4 atom stereocenters. The fraction of sp³-hybridized carbons (Fsp3) is 0.812. The van der Waals surface area contributed by atoms with Gasteiger partial charge < -0.3 is 14.6 Å². The van der Waals surface area contributed by atoms with Gasteiger partial charge in [0.05, 0.1) is 11.7 Å². The van der Waals surface area contributed by atoms with Gasteiger partial charge in [-0.2, -0.15) is 0 Å². The maximum atomic E-state index is 12.0. The summed E-state index contributed by atoms with van der Waals surface area (Å²) < 4.78 is 10.7. The van der Waals surface area contributed by atoms with Crippen LogP contribution in [-0.4, -0.2) is 37.0 Å². The average molecular weight is 280 g/mol. The van der Waals surface area contributed by atoms with Crippen molar-refractivity contribution in [2.24, 2.45) is 16.7 Å². The van der Waals surface area contributed by atoms with E-state index in [1.807, 2.05) is 0 Å². The van der Waals surface area contributed by atoms with Gasteiger partial charge in [0.25, 0.3) is 0 Å². The van der Waals surface area contributed by atoms with Crippen molar-refractivity contribution in [1.29, 1.82) is 0 Å². The predicted octanol–water partition coefficient (Wildman–Crippen LogP) is 2.06. The summed E-state index contributed by atoms with van der Waals surface area (Å²) >= 11 is 0. The lowest BCUT2D eigenvalue weighted by atomic mass is 9.49. The minimum Gasteiger partial charge on any atom is -0.458 e. The topological polar surface area (TPSA) is 55.8 Å². The summed E-state index contributed by atoms with van der Waals surface area (Å²) in [7, 11) is 1.56. The lowest BCUT2D eigenvalue weighted by molar-refractivity contribution is -0.141. The second-order valence-electron chi connectivity index (χ2n) is 7.35. The zero-order chi connectivity index (χ0) is 14.7. The van der Waals surface area contributed by atoms with Crippen molar-refractivity contribution in [1.82, 2.24) is 0 Å². The van der Waals surface area contributed by atoms with E-state index < -0.39 is 12.2 Å². The van der Waals surface area contributed by atoms with E-state index in [2.05, 4.69) is 20.8 Å². The minimum atomic E-state index is -0.648. The molecule has 1 fully saturated rings. The van der Waals surface area contributed by atoms with Gasteiger partial charge in [-0.25, -0.2) is 4.79 Å². The molecule has 0 radical (unpaired) electrons. The molecule has 1 N–H and O–H groups in total. The molecule has 0 aromatic rings. The Morgan fingerprint density at radius 1 is 1.30 bits per heavy atom. The zero-order valence-corrected chi connectivity index (χ0v) is 12.7. The van der Waals surface area contributed by atoms with Gasteiger partial charge in [-0.15, -0.1) is 0 Å². The van der Waals surface area contributed by atoms with E-state index >= 15 is 0 Å². The number of esters is 1. The van der Waals surface area contributed by atoms with Gasteiger partial charge in [-0.3, -0.25) is 0 Å². The Morgan fingerprint density at radius 2 is 2.00 bits per heavy atom. The number of carbonyl (C=O) groups is 1. The fourth-order valence-corrected chi connectivity index (χ4v) is 5.04. The molecule has 0 saturated heterocycles. The van der Waals surface area contributed by atoms with E-state index in [1.165, 1.54) is 0 Å². The first-order chi connectivity index (χ1) is 9.33. The number of fused-ring (bicyclic) bond motifs is 2. The van der Waals surface area contributed by atoms with E-state index in [9.17, 15) is 9.90 Å². The molecule has 0 bridgehead atoms. The second kappa shape index (κ2) is 4.31. The largest absolute Gasteiger partial charge is 0.458 e. The highest BCUT2D eigenvalue weighted by atomic mass is 16.5. The average Bonchev–Trinajstić information content (AvgIpc) is 2.72. The summed E-state index contributed by atoms with van der Waals surface area (Å²) in [5.41, 5.74) is 1.53. The molecular formula is C16H24O4. The third-order valence-electron chi connectivity index (χ3n) is 5.82. The summed E-state index contributed by atoms with van der Waals surface area (Å²) in [5.74, 6) is -0.212. The van der Waals surface area contributed by atoms with Crippen LogP contribution in [0.2, 0.25) is 0 Å². The third-order valence-corrected chi connectivity index (χ3v) is 5.82. The second-order valence-corrected chi connectivity index (χ2v) is 7.35. The van der Waals surface area contributed by atoms with Crippen molar-refractivity contribution in [3.8, 4) is 0 Å². The van der Waals surface area contributed by atoms with E-state index in [-0.39, 0.29) is 22.7 Å². The normalized spacial score (nSPS) is 43.0. The van der Waals surface area contributed by atoms with E-state index in [1.54, 1.807) is 7.11 Å². The van der Waals surface area contributed by atoms with Gasteiger partial charge in [0.1, 0.15) is 12.7 Å². The number of cyclic esters (lactones) is 1. The smallest absolute Gasteiger partial charge is 0.337 e. The highest BCUT2D eigenvalue weighted by molar-refractivity contribution is 5.93. The van der Waals surface area contributed by atoms with Crippen LogP contribution in [0.5, 0.6) is 0 Å². The van der Waals surface area contributed by atoms with Gasteiger partial charge >= 0.3 is 5.97 Å². The van der Waals surface area contributed by atoms with Crippen LogP contribution in [0.15, 0.2) is 11.1 Å². The van der Waals surface area contributed by atoms with E-state index in [0.29, 0.717) is 12.2 Å². The van der Waals surface area contributed by atoms with Crippen LogP contribution in [0.25, 0.3) is 0 Å². The molecule has 4 nitrogen and oxygen atoms in total.